The number of ether oxygens (including phenoxy) is 2. The number of benzene rings is 1. The molecule has 1 atom stereocenters. The van der Waals surface area contributed by atoms with E-state index in [1.807, 2.05) is 25.1 Å². The fourth-order valence-electron chi connectivity index (χ4n) is 4.03. The lowest BCUT2D eigenvalue weighted by atomic mass is 9.95. The second kappa shape index (κ2) is 8.66. The lowest BCUT2D eigenvalue weighted by Gasteiger charge is -2.25. The third-order valence-corrected chi connectivity index (χ3v) is 6.69. The summed E-state index contributed by atoms with van der Waals surface area (Å²) < 4.78 is 18.5. The Bertz CT molecular complexity index is 1060. The monoisotopic (exact) mass is 440 g/mol. The summed E-state index contributed by atoms with van der Waals surface area (Å²) in [6.45, 7) is 2.08. The van der Waals surface area contributed by atoms with Crippen LogP contribution in [0.5, 0.6) is 11.5 Å². The Morgan fingerprint density at radius 1 is 1.16 bits per heavy atom. The van der Waals surface area contributed by atoms with Crippen LogP contribution >= 0.6 is 11.8 Å². The molecule has 0 saturated heterocycles. The van der Waals surface area contributed by atoms with Crippen molar-refractivity contribution in [3.8, 4) is 23.1 Å². The Morgan fingerprint density at radius 3 is 2.81 bits per heavy atom. The van der Waals surface area contributed by atoms with E-state index < -0.39 is 0 Å². The average molecular weight is 441 g/mol. The van der Waals surface area contributed by atoms with E-state index in [2.05, 4.69) is 20.1 Å². The summed E-state index contributed by atoms with van der Waals surface area (Å²) in [4.78, 5) is 12.9. The van der Waals surface area contributed by atoms with E-state index in [1.54, 1.807) is 18.4 Å². The van der Waals surface area contributed by atoms with Crippen molar-refractivity contribution in [3.63, 3.8) is 0 Å². The van der Waals surface area contributed by atoms with Crippen LogP contribution in [0.15, 0.2) is 46.2 Å². The predicted molar refractivity (Wildman–Crippen MR) is 116 cm³/mol. The quantitative estimate of drug-likeness (QED) is 0.546. The van der Waals surface area contributed by atoms with Gasteiger partial charge in [-0.25, -0.2) is 0 Å². The van der Waals surface area contributed by atoms with Crippen molar-refractivity contribution in [1.29, 1.82) is 0 Å². The van der Waals surface area contributed by atoms with Crippen LogP contribution in [-0.4, -0.2) is 32.7 Å². The van der Waals surface area contributed by atoms with Crippen LogP contribution in [-0.2, 0) is 4.79 Å². The van der Waals surface area contributed by atoms with Gasteiger partial charge in [-0.2, -0.15) is 0 Å². The van der Waals surface area contributed by atoms with Crippen molar-refractivity contribution in [2.45, 2.75) is 55.5 Å². The Kier molecular flexibility index (Phi) is 5.59. The first-order valence-electron chi connectivity index (χ1n) is 10.5. The van der Waals surface area contributed by atoms with Crippen LogP contribution in [0.3, 0.4) is 0 Å². The van der Waals surface area contributed by atoms with Gasteiger partial charge in [0, 0.05) is 17.8 Å². The van der Waals surface area contributed by atoms with Crippen molar-refractivity contribution in [2.24, 2.45) is 0 Å². The van der Waals surface area contributed by atoms with E-state index in [0.29, 0.717) is 29.0 Å². The highest BCUT2D eigenvalue weighted by atomic mass is 32.2. The van der Waals surface area contributed by atoms with Crippen molar-refractivity contribution in [2.75, 3.05) is 12.1 Å². The van der Waals surface area contributed by atoms with Crippen LogP contribution in [0.1, 0.15) is 45.1 Å². The molecule has 1 fully saturated rings. The highest BCUT2D eigenvalue weighted by molar-refractivity contribution is 8.00. The minimum Gasteiger partial charge on any atom is -0.461 e. The summed E-state index contributed by atoms with van der Waals surface area (Å²) in [7, 11) is 0. The molecule has 0 bridgehead atoms. The SMILES string of the molecule is CC(Sc1nnc(-c2ccco2)n1C1CCCCC1)C(=O)Nc1ccc2c(c1)OCO2. The second-order valence-electron chi connectivity index (χ2n) is 7.76. The minimum atomic E-state index is -0.360. The van der Waals surface area contributed by atoms with E-state index in [0.717, 1.165) is 23.8 Å². The molecule has 1 unspecified atom stereocenters. The van der Waals surface area contributed by atoms with Gasteiger partial charge in [-0.05, 0) is 44.0 Å². The van der Waals surface area contributed by atoms with Crippen molar-refractivity contribution in [1.82, 2.24) is 14.8 Å². The molecule has 3 heterocycles. The lowest BCUT2D eigenvalue weighted by Crippen LogP contribution is -2.23. The van der Waals surface area contributed by atoms with Crippen LogP contribution in [0.2, 0.25) is 0 Å². The van der Waals surface area contributed by atoms with E-state index in [9.17, 15) is 4.79 Å². The number of hydrogen-bond donors (Lipinski definition) is 1. The van der Waals surface area contributed by atoms with E-state index in [1.165, 1.54) is 31.0 Å². The third kappa shape index (κ3) is 4.14. The van der Waals surface area contributed by atoms with E-state index in [4.69, 9.17) is 13.9 Å². The van der Waals surface area contributed by atoms with Gasteiger partial charge in [0.2, 0.25) is 18.5 Å². The number of carbonyl (C=O) groups is 1. The summed E-state index contributed by atoms with van der Waals surface area (Å²) in [6, 6.07) is 9.44. The molecule has 2 aromatic heterocycles. The molecule has 31 heavy (non-hydrogen) atoms. The summed E-state index contributed by atoms with van der Waals surface area (Å²) in [5.41, 5.74) is 0.673. The van der Waals surface area contributed by atoms with Gasteiger partial charge in [-0.3, -0.25) is 9.36 Å². The maximum Gasteiger partial charge on any atom is 0.237 e. The van der Waals surface area contributed by atoms with Gasteiger partial charge in [0.05, 0.1) is 11.5 Å². The van der Waals surface area contributed by atoms with Gasteiger partial charge in [0.25, 0.3) is 0 Å². The maximum atomic E-state index is 12.9. The number of furan rings is 1. The highest BCUT2D eigenvalue weighted by Crippen LogP contribution is 2.37. The Hall–Kier alpha value is -2.94. The molecule has 1 aliphatic carbocycles. The molecule has 1 amide bonds. The Balaban J connectivity index is 1.34. The zero-order chi connectivity index (χ0) is 21.2. The van der Waals surface area contributed by atoms with E-state index >= 15 is 0 Å². The standard InChI is InChI=1S/C22H24N4O4S/c1-14(21(27)23-15-9-10-17-19(12-15)30-13-29-17)31-22-25-24-20(18-8-5-11-28-18)26(22)16-6-3-2-4-7-16/h5,8-12,14,16H,2-4,6-7,13H2,1H3,(H,23,27). The minimum absolute atomic E-state index is 0.110. The number of amides is 1. The molecular formula is C22H24N4O4S. The van der Waals surface area contributed by atoms with Gasteiger partial charge in [0.1, 0.15) is 0 Å². The van der Waals surface area contributed by atoms with Crippen LogP contribution in [0.25, 0.3) is 11.6 Å². The number of fused-ring (bicyclic) bond motifs is 1. The first-order valence-corrected chi connectivity index (χ1v) is 11.4. The molecule has 0 spiro atoms. The van der Waals surface area contributed by atoms with Crippen molar-refractivity contribution < 1.29 is 18.7 Å². The molecule has 5 rings (SSSR count). The molecule has 9 heteroatoms. The molecule has 162 valence electrons. The molecule has 1 saturated carbocycles. The third-order valence-electron chi connectivity index (χ3n) is 5.64. The Labute approximate surface area is 184 Å². The number of aromatic nitrogens is 3. The first-order chi connectivity index (χ1) is 15.2. The normalized spacial score (nSPS) is 16.9. The molecule has 0 radical (unpaired) electrons. The van der Waals surface area contributed by atoms with Gasteiger partial charge in [-0.1, -0.05) is 31.0 Å². The number of nitrogens with one attached hydrogen (secondary N) is 1. The van der Waals surface area contributed by atoms with Gasteiger partial charge >= 0.3 is 0 Å². The summed E-state index contributed by atoms with van der Waals surface area (Å²) in [6.07, 6.45) is 7.43. The lowest BCUT2D eigenvalue weighted by molar-refractivity contribution is -0.115. The van der Waals surface area contributed by atoms with Crippen LogP contribution in [0.4, 0.5) is 5.69 Å². The first kappa shape index (κ1) is 20.0. The fourth-order valence-corrected chi connectivity index (χ4v) is 4.95. The highest BCUT2D eigenvalue weighted by Gasteiger charge is 2.27. The number of hydrogen-bond acceptors (Lipinski definition) is 7. The molecule has 8 nitrogen and oxygen atoms in total. The molecule has 3 aromatic rings. The maximum absolute atomic E-state index is 12.9. The number of nitrogens with zero attached hydrogens (tertiary/aromatic N) is 3. The molecule has 1 aliphatic heterocycles. The predicted octanol–water partition coefficient (Wildman–Crippen LogP) is 4.89. The zero-order valence-corrected chi connectivity index (χ0v) is 18.1. The largest absolute Gasteiger partial charge is 0.461 e. The topological polar surface area (TPSA) is 91.4 Å². The second-order valence-corrected chi connectivity index (χ2v) is 9.07. The van der Waals surface area contributed by atoms with Crippen molar-refractivity contribution >= 4 is 23.4 Å². The molecule has 1 N–H and O–H groups in total. The zero-order valence-electron chi connectivity index (χ0n) is 17.2. The number of thioether (sulfide) groups is 1. The molecule has 2 aliphatic rings. The molecular weight excluding hydrogens is 416 g/mol. The average Bonchev–Trinajstić information content (AvgIpc) is 3.54. The summed E-state index contributed by atoms with van der Waals surface area (Å²) >= 11 is 1.41. The fraction of sp³-hybridized carbons (Fsp3) is 0.409. The van der Waals surface area contributed by atoms with Gasteiger partial charge in [-0.15, -0.1) is 10.2 Å². The summed E-state index contributed by atoms with van der Waals surface area (Å²) in [5, 5.41) is 12.2. The Morgan fingerprint density at radius 2 is 2.00 bits per heavy atom. The van der Waals surface area contributed by atoms with Gasteiger partial charge < -0.3 is 19.2 Å². The van der Waals surface area contributed by atoms with Crippen molar-refractivity contribution in [3.05, 3.63) is 36.6 Å². The number of rotatable bonds is 6. The molecule has 1 aromatic carbocycles. The van der Waals surface area contributed by atoms with Gasteiger partial charge in [0.15, 0.2) is 22.4 Å². The number of anilines is 1. The van der Waals surface area contributed by atoms with Crippen LogP contribution in [0, 0.1) is 0 Å². The van der Waals surface area contributed by atoms with Crippen LogP contribution < -0.4 is 14.8 Å². The smallest absolute Gasteiger partial charge is 0.237 e. The van der Waals surface area contributed by atoms with E-state index in [-0.39, 0.29) is 18.0 Å². The summed E-state index contributed by atoms with van der Waals surface area (Å²) in [5.74, 6) is 2.64. The number of carbonyl (C=O) groups excluding carboxylic acids is 1.